The quantitative estimate of drug-likeness (QED) is 0.242. The number of halogens is 4. The third kappa shape index (κ3) is 6.89. The fraction of sp³-hybridized carbons (Fsp3) is 0.444. The van der Waals surface area contributed by atoms with E-state index in [4.69, 9.17) is 0 Å². The minimum atomic E-state index is -3.15. The van der Waals surface area contributed by atoms with E-state index in [1.807, 2.05) is 0 Å². The van der Waals surface area contributed by atoms with Gasteiger partial charge >= 0.3 is 18.0 Å². The van der Waals surface area contributed by atoms with E-state index in [0.717, 1.165) is 0 Å². The average molecular weight is 567 g/mol. The predicted octanol–water partition coefficient (Wildman–Crippen LogP) is 3.53. The van der Waals surface area contributed by atoms with Crippen LogP contribution in [0, 0.1) is 23.7 Å². The maximum Gasteiger partial charge on any atom is 0.323 e. The molecule has 2 amide bonds. The summed E-state index contributed by atoms with van der Waals surface area (Å²) in [5.74, 6) is -14.3. The Hall–Kier alpha value is -3.71. The van der Waals surface area contributed by atoms with Gasteiger partial charge in [-0.2, -0.15) is 0 Å². The number of nitrogens with one attached hydrogen (secondary N) is 4. The van der Waals surface area contributed by atoms with Crippen molar-refractivity contribution >= 4 is 29.3 Å². The van der Waals surface area contributed by atoms with Gasteiger partial charge in [0.25, 0.3) is 11.8 Å². The Morgan fingerprint density at radius 2 is 1.18 bits per heavy atom. The molecule has 0 aliphatic carbocycles. The highest BCUT2D eigenvalue weighted by molar-refractivity contribution is 5.99. The second-order valence-corrected chi connectivity index (χ2v) is 10.3. The third-order valence-corrected chi connectivity index (χ3v) is 7.42. The van der Waals surface area contributed by atoms with Gasteiger partial charge in [-0.15, -0.1) is 0 Å². The van der Waals surface area contributed by atoms with Crippen LogP contribution < -0.4 is 21.3 Å². The van der Waals surface area contributed by atoms with Gasteiger partial charge in [0.15, 0.2) is 0 Å². The summed E-state index contributed by atoms with van der Waals surface area (Å²) in [5.41, 5.74) is 1.50. The Kier molecular flexibility index (Phi) is 8.64. The number of carbonyl (C=O) groups is 3. The number of alkyl halides is 4. The number of urea groups is 1. The molecule has 0 spiro atoms. The van der Waals surface area contributed by atoms with E-state index in [0.29, 0.717) is 22.5 Å². The summed E-state index contributed by atoms with van der Waals surface area (Å²) in [6.45, 7) is -1.38. The molecule has 4 rings (SSSR count). The molecular formula is C27H30F4N4O5. The summed E-state index contributed by atoms with van der Waals surface area (Å²) in [5, 5.41) is 29.4. The maximum atomic E-state index is 14.2. The van der Waals surface area contributed by atoms with E-state index >= 15 is 0 Å². The topological polar surface area (TPSA) is 140 Å². The lowest BCUT2D eigenvalue weighted by atomic mass is 9.84. The number of benzene rings is 2. The number of rotatable bonds is 10. The Balaban J connectivity index is 1.40. The SMILES string of the molecule is O=C(Nc1cccc(CC(C(=O)O)C2CNCC2(F)F)c1)Nc1cccc(CC(C(=O)O)C2CNCC2(F)F)c1. The number of hydrogen-bond acceptors (Lipinski definition) is 5. The second-order valence-electron chi connectivity index (χ2n) is 10.3. The first-order valence-electron chi connectivity index (χ1n) is 12.7. The Morgan fingerprint density at radius 3 is 1.50 bits per heavy atom. The number of carbonyl (C=O) groups excluding carboxylic acids is 1. The summed E-state index contributed by atoms with van der Waals surface area (Å²) < 4.78 is 56.7. The average Bonchev–Trinajstić information content (AvgIpc) is 3.40. The zero-order chi connectivity index (χ0) is 29.1. The van der Waals surface area contributed by atoms with Gasteiger partial charge in [-0.05, 0) is 48.2 Å². The molecule has 0 aromatic heterocycles. The molecule has 9 nitrogen and oxygen atoms in total. The van der Waals surface area contributed by atoms with Gasteiger partial charge in [-0.25, -0.2) is 22.4 Å². The maximum absolute atomic E-state index is 14.2. The summed E-state index contributed by atoms with van der Waals surface area (Å²) >= 11 is 0. The molecule has 216 valence electrons. The fourth-order valence-corrected chi connectivity index (χ4v) is 5.38. The predicted molar refractivity (Wildman–Crippen MR) is 138 cm³/mol. The Bertz CT molecular complexity index is 1170. The number of anilines is 2. The zero-order valence-corrected chi connectivity index (χ0v) is 21.3. The van der Waals surface area contributed by atoms with Crippen LogP contribution in [-0.4, -0.2) is 66.2 Å². The lowest BCUT2D eigenvalue weighted by Gasteiger charge is -2.24. The van der Waals surface area contributed by atoms with Gasteiger partial charge in [-0.3, -0.25) is 9.59 Å². The molecule has 0 bridgehead atoms. The molecule has 4 atom stereocenters. The number of carboxylic acids is 2. The van der Waals surface area contributed by atoms with E-state index in [2.05, 4.69) is 21.3 Å². The summed E-state index contributed by atoms with van der Waals surface area (Å²) in [7, 11) is 0. The van der Waals surface area contributed by atoms with Crippen molar-refractivity contribution in [3.8, 4) is 0 Å². The standard InChI is InChI=1S/C27H30F4N4O5/c28-26(29)13-32-11-21(26)19(23(36)37)9-15-3-1-5-17(7-15)34-25(40)35-18-6-2-4-16(8-18)10-20(24(38)39)22-12-33-14-27(22,30)31/h1-8,19-22,32-33H,9-14H2,(H,36,37)(H,38,39)(H2,34,35,40). The number of hydrogen-bond donors (Lipinski definition) is 6. The Morgan fingerprint density at radius 1 is 0.775 bits per heavy atom. The van der Waals surface area contributed by atoms with Crippen LogP contribution in [0.4, 0.5) is 33.7 Å². The van der Waals surface area contributed by atoms with Crippen molar-refractivity contribution in [2.45, 2.75) is 24.7 Å². The lowest BCUT2D eigenvalue weighted by molar-refractivity contribution is -0.149. The van der Waals surface area contributed by atoms with Crippen molar-refractivity contribution in [2.75, 3.05) is 36.8 Å². The molecule has 2 aliphatic rings. The largest absolute Gasteiger partial charge is 0.481 e. The van der Waals surface area contributed by atoms with E-state index in [1.54, 1.807) is 36.4 Å². The summed E-state index contributed by atoms with van der Waals surface area (Å²) in [6, 6.07) is 11.7. The molecule has 0 saturated carbocycles. The molecule has 2 saturated heterocycles. The molecule has 2 fully saturated rings. The summed E-state index contributed by atoms with van der Waals surface area (Å²) in [6.07, 6.45) is -0.312. The van der Waals surface area contributed by atoms with Gasteiger partial charge in [0.1, 0.15) is 0 Å². The van der Waals surface area contributed by atoms with Gasteiger partial charge in [0.05, 0.1) is 36.8 Å². The van der Waals surface area contributed by atoms with E-state index in [9.17, 15) is 42.2 Å². The number of aliphatic carboxylic acids is 2. The van der Waals surface area contributed by atoms with Gasteiger partial charge in [0.2, 0.25) is 0 Å². The smallest absolute Gasteiger partial charge is 0.323 e. The van der Waals surface area contributed by atoms with Crippen LogP contribution >= 0.6 is 0 Å². The normalized spacial score (nSPS) is 22.8. The van der Waals surface area contributed by atoms with E-state index in [-0.39, 0.29) is 25.9 Å². The van der Waals surface area contributed by atoms with Crippen LogP contribution in [-0.2, 0) is 22.4 Å². The lowest BCUT2D eigenvalue weighted by Crippen LogP contribution is -2.37. The summed E-state index contributed by atoms with van der Waals surface area (Å²) in [4.78, 5) is 36.2. The van der Waals surface area contributed by atoms with Crippen molar-refractivity contribution in [1.82, 2.24) is 10.6 Å². The molecular weight excluding hydrogens is 536 g/mol. The zero-order valence-electron chi connectivity index (χ0n) is 21.3. The minimum Gasteiger partial charge on any atom is -0.481 e. The van der Waals surface area contributed by atoms with Crippen LogP contribution in [0.5, 0.6) is 0 Å². The van der Waals surface area contributed by atoms with Crippen LogP contribution in [0.2, 0.25) is 0 Å². The van der Waals surface area contributed by atoms with Gasteiger partial charge in [-0.1, -0.05) is 24.3 Å². The molecule has 13 heteroatoms. The molecule has 2 aliphatic heterocycles. The van der Waals surface area contributed by atoms with Crippen LogP contribution in [0.3, 0.4) is 0 Å². The second kappa shape index (κ2) is 11.8. The third-order valence-electron chi connectivity index (χ3n) is 7.42. The minimum absolute atomic E-state index is 0.115. The molecule has 40 heavy (non-hydrogen) atoms. The fourth-order valence-electron chi connectivity index (χ4n) is 5.38. The van der Waals surface area contributed by atoms with Crippen molar-refractivity contribution in [3.63, 3.8) is 0 Å². The van der Waals surface area contributed by atoms with Crippen molar-refractivity contribution in [1.29, 1.82) is 0 Å². The molecule has 6 N–H and O–H groups in total. The highest BCUT2D eigenvalue weighted by atomic mass is 19.3. The van der Waals surface area contributed by atoms with Gasteiger partial charge in [0, 0.05) is 24.5 Å². The van der Waals surface area contributed by atoms with Crippen LogP contribution in [0.15, 0.2) is 48.5 Å². The first kappa shape index (κ1) is 29.3. The van der Waals surface area contributed by atoms with E-state index in [1.165, 1.54) is 12.1 Å². The van der Waals surface area contributed by atoms with Crippen LogP contribution in [0.1, 0.15) is 11.1 Å². The Labute approximate surface area is 227 Å². The monoisotopic (exact) mass is 566 g/mol. The molecule has 2 heterocycles. The molecule has 2 aromatic rings. The highest BCUT2D eigenvalue weighted by Crippen LogP contribution is 2.37. The van der Waals surface area contributed by atoms with Crippen molar-refractivity contribution in [2.24, 2.45) is 23.7 Å². The first-order valence-corrected chi connectivity index (χ1v) is 12.7. The number of amides is 2. The van der Waals surface area contributed by atoms with Crippen LogP contribution in [0.25, 0.3) is 0 Å². The van der Waals surface area contributed by atoms with Crippen molar-refractivity contribution in [3.05, 3.63) is 59.7 Å². The van der Waals surface area contributed by atoms with Gasteiger partial charge < -0.3 is 31.5 Å². The highest BCUT2D eigenvalue weighted by Gasteiger charge is 2.51. The first-order chi connectivity index (χ1) is 18.9. The number of carboxylic acid groups (broad SMARTS) is 2. The molecule has 0 radical (unpaired) electrons. The molecule has 2 aromatic carbocycles. The van der Waals surface area contributed by atoms with E-state index < -0.39 is 66.6 Å². The van der Waals surface area contributed by atoms with Crippen molar-refractivity contribution < 1.29 is 42.2 Å². The molecule has 4 unspecified atom stereocenters.